The summed E-state index contributed by atoms with van der Waals surface area (Å²) in [6.45, 7) is 5.82. The number of hydrogen-bond donors (Lipinski definition) is 2. The number of benzene rings is 3. The Morgan fingerprint density at radius 2 is 1.88 bits per heavy atom. The van der Waals surface area contributed by atoms with Crippen molar-refractivity contribution >= 4 is 45.3 Å². The van der Waals surface area contributed by atoms with Crippen LogP contribution in [0.15, 0.2) is 71.4 Å². The van der Waals surface area contributed by atoms with E-state index in [1.54, 1.807) is 7.11 Å². The average molecular weight is 561 g/mol. The number of aryl methyl sites for hydroxylation is 2. The molecule has 3 aromatic heterocycles. The molecule has 0 aliphatic carbocycles. The van der Waals surface area contributed by atoms with E-state index in [0.717, 1.165) is 87.6 Å². The smallest absolute Gasteiger partial charge is 0.300 e. The van der Waals surface area contributed by atoms with Crippen LogP contribution in [0.4, 0.5) is 23.2 Å². The van der Waals surface area contributed by atoms with Gasteiger partial charge in [-0.25, -0.2) is 14.6 Å². The maximum atomic E-state index is 6.42. The molecule has 4 heterocycles. The highest BCUT2D eigenvalue weighted by molar-refractivity contribution is 5.98. The van der Waals surface area contributed by atoms with Crippen molar-refractivity contribution < 1.29 is 9.15 Å². The molecule has 0 amide bonds. The molecule has 1 atom stereocenters. The van der Waals surface area contributed by atoms with Crippen molar-refractivity contribution in [2.24, 2.45) is 0 Å². The molecule has 10 nitrogen and oxygen atoms in total. The van der Waals surface area contributed by atoms with Gasteiger partial charge in [-0.2, -0.15) is 10.1 Å². The highest BCUT2D eigenvalue weighted by Gasteiger charge is 2.28. The van der Waals surface area contributed by atoms with Crippen LogP contribution < -0.4 is 20.7 Å². The molecule has 0 bridgehead atoms. The summed E-state index contributed by atoms with van der Waals surface area (Å²) >= 11 is 0. The van der Waals surface area contributed by atoms with Crippen molar-refractivity contribution in [3.05, 3.63) is 78.1 Å². The number of nitrogens with one attached hydrogen (secondary N) is 1. The van der Waals surface area contributed by atoms with E-state index in [1.165, 1.54) is 6.33 Å². The van der Waals surface area contributed by atoms with E-state index >= 15 is 0 Å². The molecule has 1 aliphatic heterocycles. The van der Waals surface area contributed by atoms with Gasteiger partial charge in [0.1, 0.15) is 29.1 Å². The van der Waals surface area contributed by atoms with Gasteiger partial charge in [0.25, 0.3) is 6.01 Å². The number of ether oxygens (including phenoxy) is 1. The normalized spacial score (nSPS) is 15.4. The standard InChI is InChI=1S/C32H32N8O2/c1-19-15-20(2)29-24(16-19)37-32(42-29)36-22-12-10-21(11-13-22)28-27-30(33)34-18-35-31(27)40(38-28)23-7-6-14-39(17-23)25-8-4-5-9-26(25)41-3/h4-5,8-13,15-16,18,23H,6-7,14,17H2,1-3H3,(H,36,37)(H2,33,34,35)/t23-/m0/s1. The van der Waals surface area contributed by atoms with E-state index in [9.17, 15) is 0 Å². The summed E-state index contributed by atoms with van der Waals surface area (Å²) in [6, 6.07) is 20.8. The third kappa shape index (κ3) is 4.54. The number of nitrogen functional groups attached to an aromatic ring is 1. The maximum Gasteiger partial charge on any atom is 0.300 e. The Bertz CT molecular complexity index is 1910. The molecule has 10 heteroatoms. The SMILES string of the molecule is COc1ccccc1N1CCC[C@H](n2nc(-c3ccc(Nc4nc5cc(C)cc(C)c5o4)cc3)c3c(N)ncnc32)C1. The van der Waals surface area contributed by atoms with Crippen molar-refractivity contribution in [1.29, 1.82) is 0 Å². The summed E-state index contributed by atoms with van der Waals surface area (Å²) in [6.07, 6.45) is 3.52. The first-order chi connectivity index (χ1) is 20.5. The summed E-state index contributed by atoms with van der Waals surface area (Å²) < 4.78 is 13.7. The minimum atomic E-state index is 0.112. The van der Waals surface area contributed by atoms with Gasteiger partial charge in [-0.3, -0.25) is 0 Å². The number of nitrogens with two attached hydrogens (primary N) is 1. The lowest BCUT2D eigenvalue weighted by molar-refractivity contribution is 0.376. The lowest BCUT2D eigenvalue weighted by atomic mass is 10.0. The quantitative estimate of drug-likeness (QED) is 0.237. The molecule has 3 aromatic carbocycles. The molecule has 0 radical (unpaired) electrons. The molecular formula is C32H32N8O2. The Kier molecular flexibility index (Phi) is 6.38. The lowest BCUT2D eigenvalue weighted by Gasteiger charge is -2.35. The Hall–Kier alpha value is -5.12. The predicted molar refractivity (Wildman–Crippen MR) is 165 cm³/mol. The van der Waals surface area contributed by atoms with Crippen LogP contribution in [0.3, 0.4) is 0 Å². The maximum absolute atomic E-state index is 6.42. The highest BCUT2D eigenvalue weighted by atomic mass is 16.5. The van der Waals surface area contributed by atoms with E-state index in [-0.39, 0.29) is 6.04 Å². The minimum Gasteiger partial charge on any atom is -0.495 e. The summed E-state index contributed by atoms with van der Waals surface area (Å²) in [7, 11) is 1.71. The predicted octanol–water partition coefficient (Wildman–Crippen LogP) is 6.43. The van der Waals surface area contributed by atoms with Crippen LogP contribution in [0.2, 0.25) is 0 Å². The van der Waals surface area contributed by atoms with Crippen molar-refractivity contribution in [2.75, 3.05) is 36.1 Å². The number of hydrogen-bond acceptors (Lipinski definition) is 9. The molecule has 212 valence electrons. The summed E-state index contributed by atoms with van der Waals surface area (Å²) in [4.78, 5) is 15.9. The molecule has 0 saturated carbocycles. The van der Waals surface area contributed by atoms with Gasteiger partial charge in [-0.05, 0) is 68.1 Å². The molecule has 6 aromatic rings. The molecule has 1 saturated heterocycles. The number of methoxy groups -OCH3 is 1. The Labute approximate surface area is 243 Å². The topological polar surface area (TPSA) is 120 Å². The fourth-order valence-electron chi connectivity index (χ4n) is 5.98. The summed E-state index contributed by atoms with van der Waals surface area (Å²) in [5.74, 6) is 1.28. The number of anilines is 4. The monoisotopic (exact) mass is 560 g/mol. The van der Waals surface area contributed by atoms with E-state index < -0.39 is 0 Å². The Balaban J connectivity index is 1.20. The zero-order chi connectivity index (χ0) is 28.8. The highest BCUT2D eigenvalue weighted by Crippen LogP contribution is 2.37. The Morgan fingerprint density at radius 3 is 2.71 bits per heavy atom. The van der Waals surface area contributed by atoms with Crippen molar-refractivity contribution in [3.8, 4) is 17.0 Å². The fraction of sp³-hybridized carbons (Fsp3) is 0.250. The van der Waals surface area contributed by atoms with E-state index in [2.05, 4.69) is 44.2 Å². The third-order valence-electron chi connectivity index (χ3n) is 7.92. The first-order valence-corrected chi connectivity index (χ1v) is 14.1. The minimum absolute atomic E-state index is 0.112. The van der Waals surface area contributed by atoms with Gasteiger partial charge in [0.2, 0.25) is 0 Å². The molecular weight excluding hydrogens is 528 g/mol. The van der Waals surface area contributed by atoms with Crippen molar-refractivity contribution in [3.63, 3.8) is 0 Å². The first-order valence-electron chi connectivity index (χ1n) is 14.1. The van der Waals surface area contributed by atoms with Gasteiger partial charge in [0.05, 0.1) is 24.2 Å². The first kappa shape index (κ1) is 25.8. The van der Waals surface area contributed by atoms with Gasteiger partial charge in [0, 0.05) is 24.3 Å². The number of nitrogens with zero attached hydrogens (tertiary/aromatic N) is 6. The zero-order valence-electron chi connectivity index (χ0n) is 23.8. The van der Waals surface area contributed by atoms with E-state index in [4.69, 9.17) is 20.0 Å². The number of piperidine rings is 1. The lowest BCUT2D eigenvalue weighted by Crippen LogP contribution is -2.37. The third-order valence-corrected chi connectivity index (χ3v) is 7.92. The van der Waals surface area contributed by atoms with Gasteiger partial charge in [-0.1, -0.05) is 30.3 Å². The summed E-state index contributed by atoms with van der Waals surface area (Å²) in [5.41, 5.74) is 14.6. The number of oxazole rings is 1. The molecule has 0 spiro atoms. The molecule has 42 heavy (non-hydrogen) atoms. The van der Waals surface area contributed by atoms with Crippen molar-refractivity contribution in [1.82, 2.24) is 24.7 Å². The number of para-hydroxylation sites is 2. The second-order valence-electron chi connectivity index (χ2n) is 10.8. The van der Waals surface area contributed by atoms with Crippen molar-refractivity contribution in [2.45, 2.75) is 32.7 Å². The van der Waals surface area contributed by atoms with Crippen LogP contribution in [0.5, 0.6) is 5.75 Å². The van der Waals surface area contributed by atoms with Gasteiger partial charge in [0.15, 0.2) is 11.2 Å². The van der Waals surface area contributed by atoms with E-state index in [0.29, 0.717) is 11.8 Å². The summed E-state index contributed by atoms with van der Waals surface area (Å²) in [5, 5.41) is 9.15. The molecule has 7 rings (SSSR count). The van der Waals surface area contributed by atoms with Gasteiger partial charge >= 0.3 is 0 Å². The van der Waals surface area contributed by atoms with Crippen LogP contribution in [0.25, 0.3) is 33.4 Å². The molecule has 1 fully saturated rings. The van der Waals surface area contributed by atoms with E-state index in [1.807, 2.05) is 60.1 Å². The molecule has 1 aliphatic rings. The molecule has 3 N–H and O–H groups in total. The number of fused-ring (bicyclic) bond motifs is 2. The average Bonchev–Trinajstić information content (AvgIpc) is 3.60. The van der Waals surface area contributed by atoms with Gasteiger partial charge < -0.3 is 25.1 Å². The Morgan fingerprint density at radius 1 is 1.05 bits per heavy atom. The largest absolute Gasteiger partial charge is 0.495 e. The second-order valence-corrected chi connectivity index (χ2v) is 10.8. The second kappa shape index (κ2) is 10.4. The van der Waals surface area contributed by atoms with Crippen LogP contribution in [-0.2, 0) is 0 Å². The van der Waals surface area contributed by atoms with Crippen LogP contribution in [0, 0.1) is 13.8 Å². The number of aromatic nitrogens is 5. The van der Waals surface area contributed by atoms with Gasteiger partial charge in [-0.15, -0.1) is 0 Å². The fourth-order valence-corrected chi connectivity index (χ4v) is 5.98. The van der Waals surface area contributed by atoms with Crippen LogP contribution in [-0.4, -0.2) is 44.9 Å². The number of rotatable bonds is 6. The zero-order valence-corrected chi connectivity index (χ0v) is 23.8. The molecule has 0 unspecified atom stereocenters. The van der Waals surface area contributed by atoms with Crippen LogP contribution in [0.1, 0.15) is 30.0 Å². The van der Waals surface area contributed by atoms with Crippen LogP contribution >= 0.6 is 0 Å².